The number of methoxy groups -OCH3 is 4. The summed E-state index contributed by atoms with van der Waals surface area (Å²) in [5.74, 6) is 2.91. The van der Waals surface area contributed by atoms with Crippen LogP contribution in [0.2, 0.25) is 0 Å². The van der Waals surface area contributed by atoms with Gasteiger partial charge in [-0.05, 0) is 66.8 Å². The summed E-state index contributed by atoms with van der Waals surface area (Å²) >= 11 is 1.64. The van der Waals surface area contributed by atoms with E-state index in [0.29, 0.717) is 48.2 Å². The molecular weight excluding hydrogens is 564 g/mol. The molecule has 0 aliphatic carbocycles. The third-order valence-corrected chi connectivity index (χ3v) is 9.76. The molecule has 3 aromatic rings. The topological polar surface area (TPSA) is 89.5 Å². The van der Waals surface area contributed by atoms with E-state index in [1.54, 1.807) is 39.2 Å². The summed E-state index contributed by atoms with van der Waals surface area (Å²) in [5, 5.41) is 0. The number of rotatable bonds is 14. The van der Waals surface area contributed by atoms with Gasteiger partial charge in [0.1, 0.15) is 4.90 Å². The quantitative estimate of drug-likeness (QED) is 0.148. The number of benzene rings is 3. The maximum absolute atomic E-state index is 13.4. The van der Waals surface area contributed by atoms with Crippen molar-refractivity contribution in [1.82, 2.24) is 0 Å². The van der Waals surface area contributed by atoms with Crippen LogP contribution in [0.1, 0.15) is 49.5 Å². The van der Waals surface area contributed by atoms with Crippen LogP contribution in [0.3, 0.4) is 0 Å². The summed E-state index contributed by atoms with van der Waals surface area (Å²) in [5.41, 5.74) is 1.63. The van der Waals surface area contributed by atoms with E-state index in [4.69, 9.17) is 28.4 Å². The third kappa shape index (κ3) is 7.23. The molecule has 4 rings (SSSR count). The first-order valence-electron chi connectivity index (χ1n) is 13.6. The van der Waals surface area contributed by atoms with Gasteiger partial charge in [0.2, 0.25) is 5.75 Å². The van der Waals surface area contributed by atoms with Gasteiger partial charge in [0.15, 0.2) is 32.8 Å². The van der Waals surface area contributed by atoms with Crippen molar-refractivity contribution in [1.29, 1.82) is 0 Å². The van der Waals surface area contributed by atoms with Crippen LogP contribution in [-0.4, -0.2) is 55.0 Å². The Hall–Kier alpha value is -3.08. The molecule has 3 aromatic carbocycles. The van der Waals surface area contributed by atoms with Gasteiger partial charge in [-0.1, -0.05) is 25.1 Å². The molecule has 0 aromatic heterocycles. The van der Waals surface area contributed by atoms with Crippen molar-refractivity contribution in [3.05, 3.63) is 65.7 Å². The van der Waals surface area contributed by atoms with E-state index >= 15 is 0 Å². The van der Waals surface area contributed by atoms with Gasteiger partial charge in [0.25, 0.3) is 0 Å². The monoisotopic (exact) mass is 602 g/mol. The molecule has 2 atom stereocenters. The van der Waals surface area contributed by atoms with Crippen molar-refractivity contribution in [3.63, 3.8) is 0 Å². The predicted molar refractivity (Wildman–Crippen MR) is 160 cm³/mol. The molecule has 8 nitrogen and oxygen atoms in total. The Balaban J connectivity index is 1.60. The van der Waals surface area contributed by atoms with Gasteiger partial charge in [0.05, 0.1) is 53.0 Å². The average Bonchev–Trinajstić information content (AvgIpc) is 3.49. The Morgan fingerprint density at radius 3 is 1.90 bits per heavy atom. The Kier molecular flexibility index (Phi) is 10.7. The van der Waals surface area contributed by atoms with Crippen LogP contribution in [-0.2, 0) is 14.6 Å². The Morgan fingerprint density at radius 1 is 0.805 bits per heavy atom. The average molecular weight is 603 g/mol. The largest absolute Gasteiger partial charge is 0.493 e. The zero-order chi connectivity index (χ0) is 29.4. The second-order valence-electron chi connectivity index (χ2n) is 9.53. The molecule has 1 saturated heterocycles. The van der Waals surface area contributed by atoms with Crippen molar-refractivity contribution in [2.75, 3.05) is 46.6 Å². The lowest BCUT2D eigenvalue weighted by Crippen LogP contribution is -2.12. The summed E-state index contributed by atoms with van der Waals surface area (Å²) in [4.78, 5) is 1.26. The van der Waals surface area contributed by atoms with Gasteiger partial charge < -0.3 is 28.4 Å². The SMILES string of the molecule is CCCS(=O)(=O)c1cc([C@H]2CC[C@H](c3cc(OC)c(OC)c(OC)c3)O2)cc(OC)c1OCCSc1ccccc1. The van der Waals surface area contributed by atoms with E-state index in [2.05, 4.69) is 0 Å². The van der Waals surface area contributed by atoms with Crippen molar-refractivity contribution in [3.8, 4) is 28.7 Å². The van der Waals surface area contributed by atoms with E-state index in [0.717, 1.165) is 22.4 Å². The summed E-state index contributed by atoms with van der Waals surface area (Å²) in [7, 11) is 2.62. The summed E-state index contributed by atoms with van der Waals surface area (Å²) in [6, 6.07) is 17.3. The highest BCUT2D eigenvalue weighted by atomic mass is 32.2. The molecular formula is C31H38O8S2. The molecule has 0 radical (unpaired) electrons. The number of hydrogen-bond acceptors (Lipinski definition) is 9. The minimum Gasteiger partial charge on any atom is -0.493 e. The first-order valence-corrected chi connectivity index (χ1v) is 16.2. The van der Waals surface area contributed by atoms with Crippen molar-refractivity contribution in [2.24, 2.45) is 0 Å². The van der Waals surface area contributed by atoms with E-state index in [-0.39, 0.29) is 28.6 Å². The summed E-state index contributed by atoms with van der Waals surface area (Å²) < 4.78 is 61.5. The van der Waals surface area contributed by atoms with Crippen LogP contribution >= 0.6 is 11.8 Å². The summed E-state index contributed by atoms with van der Waals surface area (Å²) in [6.07, 6.45) is 1.36. The van der Waals surface area contributed by atoms with Crippen LogP contribution in [0, 0.1) is 0 Å². The van der Waals surface area contributed by atoms with Crippen LogP contribution in [0.5, 0.6) is 28.7 Å². The predicted octanol–water partition coefficient (Wildman–Crippen LogP) is 6.67. The number of ether oxygens (including phenoxy) is 6. The van der Waals surface area contributed by atoms with Crippen LogP contribution in [0.25, 0.3) is 0 Å². The highest BCUT2D eigenvalue weighted by Gasteiger charge is 2.32. The number of sulfone groups is 1. The third-order valence-electron chi connectivity index (χ3n) is 6.86. The second kappa shape index (κ2) is 14.2. The highest BCUT2D eigenvalue weighted by molar-refractivity contribution is 7.99. The van der Waals surface area contributed by atoms with Crippen LogP contribution in [0.15, 0.2) is 64.4 Å². The number of thioether (sulfide) groups is 1. The van der Waals surface area contributed by atoms with Crippen molar-refractivity contribution in [2.45, 2.75) is 48.2 Å². The molecule has 0 saturated carbocycles. The molecule has 0 spiro atoms. The molecule has 0 bridgehead atoms. The minimum absolute atomic E-state index is 0.00825. The first-order chi connectivity index (χ1) is 19.8. The lowest BCUT2D eigenvalue weighted by molar-refractivity contribution is 0.0435. The smallest absolute Gasteiger partial charge is 0.203 e. The van der Waals surface area contributed by atoms with Gasteiger partial charge in [-0.3, -0.25) is 0 Å². The molecule has 1 aliphatic heterocycles. The molecule has 0 amide bonds. The standard InChI is InChI=1S/C31H38O8S2/c1-6-16-41(32,33)29-20-22(19-28(36-4)31(29)38-14-15-40-23-10-8-7-9-11-23)25-13-12-24(39-25)21-17-26(34-2)30(37-5)27(18-21)35-3/h7-11,17-20,24-25H,6,12-16H2,1-5H3/t24-,25-/m1/s1. The fraction of sp³-hybridized carbons (Fsp3) is 0.419. The lowest BCUT2D eigenvalue weighted by atomic mass is 10.0. The van der Waals surface area contributed by atoms with E-state index in [9.17, 15) is 8.42 Å². The molecule has 1 aliphatic rings. The van der Waals surface area contributed by atoms with Gasteiger partial charge in [-0.15, -0.1) is 11.8 Å². The normalized spacial score (nSPS) is 16.8. The van der Waals surface area contributed by atoms with E-state index < -0.39 is 9.84 Å². The molecule has 1 heterocycles. The van der Waals surface area contributed by atoms with Crippen molar-refractivity contribution >= 4 is 21.6 Å². The first kappa shape index (κ1) is 30.9. The Morgan fingerprint density at radius 2 is 1.37 bits per heavy atom. The fourth-order valence-electron chi connectivity index (χ4n) is 4.92. The van der Waals surface area contributed by atoms with Crippen LogP contribution in [0.4, 0.5) is 0 Å². The fourth-order valence-corrected chi connectivity index (χ4v) is 7.19. The molecule has 0 unspecified atom stereocenters. The Bertz CT molecular complexity index is 1380. The molecule has 0 N–H and O–H groups in total. The zero-order valence-corrected chi connectivity index (χ0v) is 25.8. The van der Waals surface area contributed by atoms with Gasteiger partial charge in [-0.2, -0.15) is 0 Å². The molecule has 41 heavy (non-hydrogen) atoms. The second-order valence-corrected chi connectivity index (χ2v) is 12.8. The van der Waals surface area contributed by atoms with Gasteiger partial charge in [0, 0.05) is 10.6 Å². The molecule has 222 valence electrons. The lowest BCUT2D eigenvalue weighted by Gasteiger charge is -2.21. The van der Waals surface area contributed by atoms with E-state index in [1.807, 2.05) is 55.5 Å². The number of hydrogen-bond donors (Lipinski definition) is 0. The minimum atomic E-state index is -3.62. The van der Waals surface area contributed by atoms with Crippen LogP contribution < -0.4 is 23.7 Å². The Labute approximate surface area is 247 Å². The van der Waals surface area contributed by atoms with Gasteiger partial charge in [-0.25, -0.2) is 8.42 Å². The molecule has 1 fully saturated rings. The van der Waals surface area contributed by atoms with Crippen molar-refractivity contribution < 1.29 is 36.8 Å². The maximum atomic E-state index is 13.4. The van der Waals surface area contributed by atoms with Gasteiger partial charge >= 0.3 is 0 Å². The zero-order valence-electron chi connectivity index (χ0n) is 24.2. The summed E-state index contributed by atoms with van der Waals surface area (Å²) in [6.45, 7) is 2.17. The highest BCUT2D eigenvalue weighted by Crippen LogP contribution is 2.48. The maximum Gasteiger partial charge on any atom is 0.203 e. The van der Waals surface area contributed by atoms with E-state index in [1.165, 1.54) is 7.11 Å². The molecule has 10 heteroatoms.